The molecule has 0 aromatic heterocycles. The maximum absolute atomic E-state index is 11.7. The van der Waals surface area contributed by atoms with E-state index in [4.69, 9.17) is 9.47 Å². The lowest BCUT2D eigenvalue weighted by Crippen LogP contribution is -2.45. The van der Waals surface area contributed by atoms with Gasteiger partial charge < -0.3 is 14.8 Å². The normalized spacial score (nSPS) is 34.8. The summed E-state index contributed by atoms with van der Waals surface area (Å²) in [4.78, 5) is 14.1. The van der Waals surface area contributed by atoms with E-state index in [1.54, 1.807) is 0 Å². The van der Waals surface area contributed by atoms with Crippen LogP contribution in [0.4, 0.5) is 0 Å². The van der Waals surface area contributed by atoms with Crippen molar-refractivity contribution in [2.45, 2.75) is 18.9 Å². The van der Waals surface area contributed by atoms with Crippen LogP contribution in [0.1, 0.15) is 13.3 Å². The number of ether oxygens (including phenoxy) is 2. The Kier molecular flexibility index (Phi) is 4.01. The number of hydrogen-bond donors (Lipinski definition) is 1. The summed E-state index contributed by atoms with van der Waals surface area (Å²) in [5.41, 5.74) is -0.494. The van der Waals surface area contributed by atoms with Crippen molar-refractivity contribution in [3.05, 3.63) is 0 Å². The highest BCUT2D eigenvalue weighted by atomic mass is 16.5. The van der Waals surface area contributed by atoms with E-state index in [9.17, 15) is 4.79 Å². The van der Waals surface area contributed by atoms with Gasteiger partial charge in [-0.15, -0.1) is 0 Å². The van der Waals surface area contributed by atoms with Crippen LogP contribution in [0.3, 0.4) is 0 Å². The zero-order chi connectivity index (χ0) is 12.3. The van der Waals surface area contributed by atoms with Crippen LogP contribution in [0.15, 0.2) is 0 Å². The van der Waals surface area contributed by atoms with Gasteiger partial charge in [0.2, 0.25) is 0 Å². The van der Waals surface area contributed by atoms with Gasteiger partial charge in [-0.3, -0.25) is 9.69 Å². The fourth-order valence-corrected chi connectivity index (χ4v) is 2.75. The minimum absolute atomic E-state index is 0.151. The summed E-state index contributed by atoms with van der Waals surface area (Å²) in [6, 6.07) is 0. The van der Waals surface area contributed by atoms with Gasteiger partial charge in [-0.2, -0.15) is 0 Å². The molecule has 5 nitrogen and oxygen atoms in total. The van der Waals surface area contributed by atoms with Gasteiger partial charge in [-0.25, -0.2) is 0 Å². The molecule has 0 aliphatic carbocycles. The molecule has 2 rings (SSSR count). The van der Waals surface area contributed by atoms with Crippen LogP contribution < -0.4 is 5.32 Å². The maximum atomic E-state index is 11.7. The Balaban J connectivity index is 1.82. The first-order valence-corrected chi connectivity index (χ1v) is 6.27. The molecule has 2 aliphatic rings. The second kappa shape index (κ2) is 5.33. The lowest BCUT2D eigenvalue weighted by atomic mass is 9.94. The predicted molar refractivity (Wildman–Crippen MR) is 63.8 cm³/mol. The van der Waals surface area contributed by atoms with Crippen molar-refractivity contribution >= 4 is 5.97 Å². The SMILES string of the molecule is COC(=O)C1(C)CC(CN2CCOCC2)CN1. The Hall–Kier alpha value is -0.650. The molecule has 0 amide bonds. The fourth-order valence-electron chi connectivity index (χ4n) is 2.75. The number of hydrogen-bond acceptors (Lipinski definition) is 5. The molecule has 2 heterocycles. The van der Waals surface area contributed by atoms with E-state index in [1.165, 1.54) is 7.11 Å². The van der Waals surface area contributed by atoms with Gasteiger partial charge in [-0.1, -0.05) is 0 Å². The first kappa shape index (κ1) is 12.8. The van der Waals surface area contributed by atoms with Gasteiger partial charge in [0, 0.05) is 26.2 Å². The van der Waals surface area contributed by atoms with E-state index in [2.05, 4.69) is 10.2 Å². The van der Waals surface area contributed by atoms with Gasteiger partial charge in [0.1, 0.15) is 5.54 Å². The van der Waals surface area contributed by atoms with E-state index in [0.717, 1.165) is 45.8 Å². The van der Waals surface area contributed by atoms with Crippen molar-refractivity contribution in [3.63, 3.8) is 0 Å². The monoisotopic (exact) mass is 242 g/mol. The topological polar surface area (TPSA) is 50.8 Å². The Bertz CT molecular complexity index is 279. The van der Waals surface area contributed by atoms with Crippen LogP contribution >= 0.6 is 0 Å². The zero-order valence-corrected chi connectivity index (χ0v) is 10.7. The number of esters is 1. The maximum Gasteiger partial charge on any atom is 0.325 e. The summed E-state index contributed by atoms with van der Waals surface area (Å²) in [5, 5.41) is 3.29. The summed E-state index contributed by atoms with van der Waals surface area (Å²) in [6.07, 6.45) is 0.858. The Morgan fingerprint density at radius 2 is 2.24 bits per heavy atom. The molecular weight excluding hydrogens is 220 g/mol. The smallest absolute Gasteiger partial charge is 0.325 e. The summed E-state index contributed by atoms with van der Waals surface area (Å²) >= 11 is 0. The van der Waals surface area contributed by atoms with Crippen molar-refractivity contribution in [1.82, 2.24) is 10.2 Å². The lowest BCUT2D eigenvalue weighted by Gasteiger charge is -2.29. The molecule has 2 fully saturated rings. The minimum Gasteiger partial charge on any atom is -0.468 e. The molecule has 98 valence electrons. The largest absolute Gasteiger partial charge is 0.468 e. The number of nitrogens with one attached hydrogen (secondary N) is 1. The molecule has 0 aromatic carbocycles. The highest BCUT2D eigenvalue weighted by Crippen LogP contribution is 2.26. The van der Waals surface area contributed by atoms with Crippen LogP contribution in [-0.2, 0) is 14.3 Å². The molecule has 2 aliphatic heterocycles. The van der Waals surface area contributed by atoms with E-state index < -0.39 is 5.54 Å². The van der Waals surface area contributed by atoms with Gasteiger partial charge >= 0.3 is 5.97 Å². The molecule has 17 heavy (non-hydrogen) atoms. The van der Waals surface area contributed by atoms with Crippen molar-refractivity contribution in [2.24, 2.45) is 5.92 Å². The molecule has 2 saturated heterocycles. The third kappa shape index (κ3) is 2.97. The Labute approximate surface area is 102 Å². The van der Waals surface area contributed by atoms with Gasteiger partial charge in [0.25, 0.3) is 0 Å². The molecule has 0 aromatic rings. The Morgan fingerprint density at radius 3 is 2.88 bits per heavy atom. The highest BCUT2D eigenvalue weighted by Gasteiger charge is 2.42. The van der Waals surface area contributed by atoms with Crippen LogP contribution in [0.25, 0.3) is 0 Å². The van der Waals surface area contributed by atoms with E-state index in [0.29, 0.717) is 5.92 Å². The standard InChI is InChI=1S/C12H22N2O3/c1-12(11(15)16-2)7-10(8-13-12)9-14-3-5-17-6-4-14/h10,13H,3-9H2,1-2H3. The summed E-state index contributed by atoms with van der Waals surface area (Å²) in [5.74, 6) is 0.374. The third-order valence-electron chi connectivity index (χ3n) is 3.73. The average molecular weight is 242 g/mol. The minimum atomic E-state index is -0.494. The average Bonchev–Trinajstić information content (AvgIpc) is 2.72. The molecule has 2 atom stereocenters. The van der Waals surface area contributed by atoms with Crippen molar-refractivity contribution in [3.8, 4) is 0 Å². The number of nitrogens with zero attached hydrogens (tertiary/aromatic N) is 1. The molecule has 0 bridgehead atoms. The van der Waals surface area contributed by atoms with Crippen molar-refractivity contribution in [1.29, 1.82) is 0 Å². The predicted octanol–water partition coefficient (Wildman–Crippen LogP) is -0.140. The Morgan fingerprint density at radius 1 is 1.53 bits per heavy atom. The number of methoxy groups -OCH3 is 1. The van der Waals surface area contributed by atoms with Crippen molar-refractivity contribution < 1.29 is 14.3 Å². The molecule has 1 N–H and O–H groups in total. The van der Waals surface area contributed by atoms with Crippen LogP contribution in [0.5, 0.6) is 0 Å². The van der Waals surface area contributed by atoms with Crippen LogP contribution in [0, 0.1) is 5.92 Å². The quantitative estimate of drug-likeness (QED) is 0.698. The molecule has 5 heteroatoms. The van der Waals surface area contributed by atoms with Crippen LogP contribution in [0.2, 0.25) is 0 Å². The van der Waals surface area contributed by atoms with Gasteiger partial charge in [-0.05, 0) is 19.3 Å². The summed E-state index contributed by atoms with van der Waals surface area (Å²) in [7, 11) is 1.45. The van der Waals surface area contributed by atoms with E-state index in [1.807, 2.05) is 6.92 Å². The van der Waals surface area contributed by atoms with Crippen LogP contribution in [-0.4, -0.2) is 62.9 Å². The first-order valence-electron chi connectivity index (χ1n) is 6.27. The third-order valence-corrected chi connectivity index (χ3v) is 3.73. The lowest BCUT2D eigenvalue weighted by molar-refractivity contribution is -0.147. The second-order valence-corrected chi connectivity index (χ2v) is 5.19. The van der Waals surface area contributed by atoms with Gasteiger partial charge in [0.05, 0.1) is 20.3 Å². The van der Waals surface area contributed by atoms with Crippen molar-refractivity contribution in [2.75, 3.05) is 46.5 Å². The number of morpholine rings is 1. The number of carbonyl (C=O) groups excluding carboxylic acids is 1. The fraction of sp³-hybridized carbons (Fsp3) is 0.917. The van der Waals surface area contributed by atoms with E-state index >= 15 is 0 Å². The first-order chi connectivity index (χ1) is 8.14. The second-order valence-electron chi connectivity index (χ2n) is 5.19. The molecular formula is C12H22N2O3. The molecule has 0 radical (unpaired) electrons. The molecule has 2 unspecified atom stereocenters. The summed E-state index contributed by atoms with van der Waals surface area (Å²) < 4.78 is 10.2. The molecule has 0 saturated carbocycles. The highest BCUT2D eigenvalue weighted by molar-refractivity contribution is 5.80. The number of rotatable bonds is 3. The summed E-state index contributed by atoms with van der Waals surface area (Å²) in [6.45, 7) is 7.53. The van der Waals surface area contributed by atoms with Gasteiger partial charge in [0.15, 0.2) is 0 Å². The number of carbonyl (C=O) groups is 1. The zero-order valence-electron chi connectivity index (χ0n) is 10.7. The molecule has 0 spiro atoms. The van der Waals surface area contributed by atoms with E-state index in [-0.39, 0.29) is 5.97 Å².